The smallest absolute Gasteiger partial charge is 0.205 e. The molecule has 0 unspecified atom stereocenters. The Hall–Kier alpha value is -1.03. The van der Waals surface area contributed by atoms with Crippen molar-refractivity contribution in [2.75, 3.05) is 31.6 Å². The molecule has 1 N–H and O–H groups in total. The first-order valence-electron chi connectivity index (χ1n) is 7.10. The summed E-state index contributed by atoms with van der Waals surface area (Å²) in [6.07, 6.45) is 6.58. The highest BCUT2D eigenvalue weighted by Crippen LogP contribution is 2.18. The second-order valence-electron chi connectivity index (χ2n) is 5.85. The monoisotopic (exact) mass is 250 g/mol. The summed E-state index contributed by atoms with van der Waals surface area (Å²) in [5.41, 5.74) is 0. The predicted octanol–water partition coefficient (Wildman–Crippen LogP) is 1.97. The highest BCUT2D eigenvalue weighted by atomic mass is 15.3. The molecule has 1 saturated heterocycles. The van der Waals surface area contributed by atoms with E-state index in [1.807, 2.05) is 6.20 Å². The number of hydrogen-bond acceptors (Lipinski definition) is 3. The second-order valence-corrected chi connectivity index (χ2v) is 5.85. The van der Waals surface area contributed by atoms with Crippen molar-refractivity contribution in [3.8, 4) is 0 Å². The number of anilines is 1. The summed E-state index contributed by atoms with van der Waals surface area (Å²) in [6, 6.07) is 0. The van der Waals surface area contributed by atoms with Crippen molar-refractivity contribution in [1.29, 1.82) is 0 Å². The predicted molar refractivity (Wildman–Crippen MR) is 75.9 cm³/mol. The van der Waals surface area contributed by atoms with Gasteiger partial charge in [-0.2, -0.15) is 0 Å². The number of imidazole rings is 1. The molecule has 0 radical (unpaired) electrons. The molecule has 2 rings (SSSR count). The van der Waals surface area contributed by atoms with Gasteiger partial charge in [0.2, 0.25) is 5.95 Å². The number of hydrogen-bond donors (Lipinski definition) is 1. The number of nitrogens with zero attached hydrogens (tertiary/aromatic N) is 3. The summed E-state index contributed by atoms with van der Waals surface area (Å²) in [4.78, 5) is 6.83. The van der Waals surface area contributed by atoms with E-state index in [-0.39, 0.29) is 0 Å². The third kappa shape index (κ3) is 3.48. The molecule has 0 amide bonds. The van der Waals surface area contributed by atoms with Gasteiger partial charge in [-0.25, -0.2) is 4.98 Å². The standard InChI is InChI=1S/C14H26N4/c1-12(2)10-18-9-8-16-14(18)17(3)11-13-4-6-15-7-5-13/h8-9,12-13,15H,4-7,10-11H2,1-3H3. The van der Waals surface area contributed by atoms with E-state index in [1.165, 1.54) is 25.9 Å². The van der Waals surface area contributed by atoms with Crippen LogP contribution in [0, 0.1) is 11.8 Å². The van der Waals surface area contributed by atoms with Crippen molar-refractivity contribution >= 4 is 5.95 Å². The van der Waals surface area contributed by atoms with E-state index in [2.05, 4.69) is 46.9 Å². The minimum absolute atomic E-state index is 0.658. The van der Waals surface area contributed by atoms with E-state index < -0.39 is 0 Å². The molecule has 0 aromatic carbocycles. The van der Waals surface area contributed by atoms with Crippen molar-refractivity contribution in [1.82, 2.24) is 14.9 Å². The molecule has 18 heavy (non-hydrogen) atoms. The zero-order chi connectivity index (χ0) is 13.0. The van der Waals surface area contributed by atoms with Gasteiger partial charge in [0.25, 0.3) is 0 Å². The third-order valence-electron chi connectivity index (χ3n) is 3.59. The summed E-state index contributed by atoms with van der Waals surface area (Å²) >= 11 is 0. The maximum atomic E-state index is 4.51. The quantitative estimate of drug-likeness (QED) is 0.867. The van der Waals surface area contributed by atoms with Gasteiger partial charge < -0.3 is 14.8 Å². The first kappa shape index (κ1) is 13.4. The topological polar surface area (TPSA) is 33.1 Å². The van der Waals surface area contributed by atoms with Crippen LogP contribution in [0.3, 0.4) is 0 Å². The lowest BCUT2D eigenvalue weighted by Gasteiger charge is -2.28. The third-order valence-corrected chi connectivity index (χ3v) is 3.59. The molecule has 0 spiro atoms. The fraction of sp³-hybridized carbons (Fsp3) is 0.786. The summed E-state index contributed by atoms with van der Waals surface area (Å²) < 4.78 is 2.27. The largest absolute Gasteiger partial charge is 0.345 e. The first-order valence-corrected chi connectivity index (χ1v) is 7.10. The van der Waals surface area contributed by atoms with Gasteiger partial charge in [-0.15, -0.1) is 0 Å². The van der Waals surface area contributed by atoms with Gasteiger partial charge in [0.15, 0.2) is 0 Å². The van der Waals surface area contributed by atoms with E-state index in [9.17, 15) is 0 Å². The highest BCUT2D eigenvalue weighted by molar-refractivity contribution is 5.29. The molecule has 1 aromatic heterocycles. The zero-order valence-electron chi connectivity index (χ0n) is 11.9. The van der Waals surface area contributed by atoms with Crippen LogP contribution in [0.4, 0.5) is 5.95 Å². The fourth-order valence-electron chi connectivity index (χ4n) is 2.71. The van der Waals surface area contributed by atoms with Crippen LogP contribution in [0.2, 0.25) is 0 Å². The van der Waals surface area contributed by atoms with Crippen molar-refractivity contribution in [3.63, 3.8) is 0 Å². The molecule has 4 nitrogen and oxygen atoms in total. The molecule has 1 fully saturated rings. The van der Waals surface area contributed by atoms with Gasteiger partial charge in [-0.3, -0.25) is 0 Å². The van der Waals surface area contributed by atoms with Gasteiger partial charge in [0.1, 0.15) is 0 Å². The summed E-state index contributed by atoms with van der Waals surface area (Å²) in [7, 11) is 2.17. The Balaban J connectivity index is 1.95. The molecule has 1 aromatic rings. The van der Waals surface area contributed by atoms with Crippen LogP contribution < -0.4 is 10.2 Å². The van der Waals surface area contributed by atoms with Crippen LogP contribution in [0.1, 0.15) is 26.7 Å². The molecular weight excluding hydrogens is 224 g/mol. The number of aromatic nitrogens is 2. The molecular formula is C14H26N4. The number of rotatable bonds is 5. The summed E-state index contributed by atoms with van der Waals surface area (Å²) in [5.74, 6) is 2.58. The van der Waals surface area contributed by atoms with Crippen molar-refractivity contribution in [2.45, 2.75) is 33.2 Å². The molecule has 0 bridgehead atoms. The zero-order valence-corrected chi connectivity index (χ0v) is 11.9. The lowest BCUT2D eigenvalue weighted by molar-refractivity contribution is 0.375. The van der Waals surface area contributed by atoms with Crippen molar-refractivity contribution in [3.05, 3.63) is 12.4 Å². The van der Waals surface area contributed by atoms with E-state index in [1.54, 1.807) is 0 Å². The Morgan fingerprint density at radius 1 is 1.44 bits per heavy atom. The average Bonchev–Trinajstić information content (AvgIpc) is 2.77. The van der Waals surface area contributed by atoms with Gasteiger partial charge in [-0.1, -0.05) is 13.8 Å². The van der Waals surface area contributed by atoms with Crippen LogP contribution in [0.15, 0.2) is 12.4 Å². The van der Waals surface area contributed by atoms with E-state index >= 15 is 0 Å². The lowest BCUT2D eigenvalue weighted by Crippen LogP contribution is -2.35. The van der Waals surface area contributed by atoms with Gasteiger partial charge in [0, 0.05) is 32.5 Å². The minimum Gasteiger partial charge on any atom is -0.345 e. The maximum absolute atomic E-state index is 4.51. The molecule has 102 valence electrons. The summed E-state index contributed by atoms with van der Waals surface area (Å²) in [6.45, 7) is 8.99. The van der Waals surface area contributed by atoms with Crippen LogP contribution in [0.25, 0.3) is 0 Å². The Kier molecular flexibility index (Phi) is 4.64. The molecule has 1 aliphatic rings. The molecule has 2 heterocycles. The first-order chi connectivity index (χ1) is 8.66. The van der Waals surface area contributed by atoms with Crippen LogP contribution in [-0.4, -0.2) is 36.2 Å². The van der Waals surface area contributed by atoms with Crippen molar-refractivity contribution in [2.24, 2.45) is 11.8 Å². The Labute approximate surface area is 110 Å². The number of nitrogens with one attached hydrogen (secondary N) is 1. The summed E-state index contributed by atoms with van der Waals surface area (Å²) in [5, 5.41) is 3.42. The maximum Gasteiger partial charge on any atom is 0.205 e. The number of piperidine rings is 1. The fourth-order valence-corrected chi connectivity index (χ4v) is 2.71. The van der Waals surface area contributed by atoms with Gasteiger partial charge >= 0.3 is 0 Å². The van der Waals surface area contributed by atoms with E-state index in [0.29, 0.717) is 5.92 Å². The van der Waals surface area contributed by atoms with Gasteiger partial charge in [0.05, 0.1) is 0 Å². The molecule has 0 atom stereocenters. The van der Waals surface area contributed by atoms with Gasteiger partial charge in [-0.05, 0) is 37.8 Å². The van der Waals surface area contributed by atoms with Crippen LogP contribution >= 0.6 is 0 Å². The highest BCUT2D eigenvalue weighted by Gasteiger charge is 2.17. The van der Waals surface area contributed by atoms with Crippen molar-refractivity contribution < 1.29 is 0 Å². The molecule has 4 heteroatoms. The lowest BCUT2D eigenvalue weighted by atomic mass is 9.98. The van der Waals surface area contributed by atoms with Crippen LogP contribution in [-0.2, 0) is 6.54 Å². The Morgan fingerprint density at radius 3 is 2.83 bits per heavy atom. The second kappa shape index (κ2) is 6.23. The SMILES string of the molecule is CC(C)Cn1ccnc1N(C)CC1CCNCC1. The van der Waals surface area contributed by atoms with E-state index in [4.69, 9.17) is 0 Å². The normalized spacial score (nSPS) is 17.3. The molecule has 0 saturated carbocycles. The Bertz CT molecular complexity index is 352. The minimum atomic E-state index is 0.658. The van der Waals surface area contributed by atoms with E-state index in [0.717, 1.165) is 25.0 Å². The average molecular weight is 250 g/mol. The Morgan fingerprint density at radius 2 is 2.17 bits per heavy atom. The molecule has 0 aliphatic carbocycles. The van der Waals surface area contributed by atoms with Crippen LogP contribution in [0.5, 0.6) is 0 Å². The molecule has 1 aliphatic heterocycles.